The van der Waals surface area contributed by atoms with Gasteiger partial charge in [0.1, 0.15) is 11.5 Å². The van der Waals surface area contributed by atoms with Gasteiger partial charge in [0.25, 0.3) is 0 Å². The molecule has 0 radical (unpaired) electrons. The van der Waals surface area contributed by atoms with Crippen LogP contribution in [0.4, 0.5) is 0 Å². The first-order valence-corrected chi connectivity index (χ1v) is 5.74. The average molecular weight is 244 g/mol. The number of ether oxygens (including phenoxy) is 2. The minimum absolute atomic E-state index is 0.555. The van der Waals surface area contributed by atoms with Gasteiger partial charge in [0.05, 0.1) is 13.3 Å². The summed E-state index contributed by atoms with van der Waals surface area (Å²) in [5.74, 6) is 2.08. The summed E-state index contributed by atoms with van der Waals surface area (Å²) < 4.78 is 10.8. The molecular formula is C14H16N2O2. The second kappa shape index (κ2) is 6.02. The highest BCUT2D eigenvalue weighted by Gasteiger charge is 2.04. The molecule has 2 rings (SSSR count). The zero-order chi connectivity index (χ0) is 12.8. The second-order valence-corrected chi connectivity index (χ2v) is 3.78. The number of aromatic nitrogens is 1. The third-order valence-electron chi connectivity index (χ3n) is 2.50. The van der Waals surface area contributed by atoms with Crippen molar-refractivity contribution in [2.24, 2.45) is 0 Å². The first kappa shape index (κ1) is 12.4. The summed E-state index contributed by atoms with van der Waals surface area (Å²) in [5, 5.41) is 3.11. The first-order valence-electron chi connectivity index (χ1n) is 5.74. The Morgan fingerprint density at radius 2 is 2.00 bits per heavy atom. The van der Waals surface area contributed by atoms with Gasteiger partial charge < -0.3 is 14.8 Å². The SMILES string of the molecule is CNCc1ccccc1Oc1ccc(OC)cn1. The number of para-hydroxylation sites is 1. The van der Waals surface area contributed by atoms with Crippen molar-refractivity contribution in [1.82, 2.24) is 10.3 Å². The topological polar surface area (TPSA) is 43.4 Å². The van der Waals surface area contributed by atoms with Crippen molar-refractivity contribution in [2.45, 2.75) is 6.54 Å². The third kappa shape index (κ3) is 2.99. The largest absolute Gasteiger partial charge is 0.495 e. The molecule has 0 fully saturated rings. The van der Waals surface area contributed by atoms with Gasteiger partial charge in [-0.3, -0.25) is 0 Å². The van der Waals surface area contributed by atoms with E-state index in [-0.39, 0.29) is 0 Å². The lowest BCUT2D eigenvalue weighted by molar-refractivity contribution is 0.407. The molecule has 2 aromatic rings. The summed E-state index contributed by atoms with van der Waals surface area (Å²) in [6, 6.07) is 11.5. The van der Waals surface area contributed by atoms with Gasteiger partial charge in [-0.2, -0.15) is 0 Å². The summed E-state index contributed by atoms with van der Waals surface area (Å²) in [6.45, 7) is 0.756. The zero-order valence-corrected chi connectivity index (χ0v) is 10.5. The van der Waals surface area contributed by atoms with Crippen molar-refractivity contribution >= 4 is 0 Å². The van der Waals surface area contributed by atoms with E-state index in [1.54, 1.807) is 19.4 Å². The van der Waals surface area contributed by atoms with Crippen LogP contribution < -0.4 is 14.8 Å². The summed E-state index contributed by atoms with van der Waals surface area (Å²) in [6.07, 6.45) is 1.63. The van der Waals surface area contributed by atoms with Crippen molar-refractivity contribution in [3.63, 3.8) is 0 Å². The molecule has 0 bridgehead atoms. The van der Waals surface area contributed by atoms with Crippen molar-refractivity contribution in [2.75, 3.05) is 14.2 Å². The van der Waals surface area contributed by atoms with Crippen molar-refractivity contribution in [3.8, 4) is 17.4 Å². The molecule has 0 saturated heterocycles. The summed E-state index contributed by atoms with van der Waals surface area (Å²) >= 11 is 0. The Balaban J connectivity index is 2.17. The molecule has 1 N–H and O–H groups in total. The molecule has 0 aliphatic heterocycles. The maximum atomic E-state index is 5.75. The highest BCUT2D eigenvalue weighted by molar-refractivity contribution is 5.36. The molecule has 0 aliphatic carbocycles. The predicted molar refractivity (Wildman–Crippen MR) is 70.1 cm³/mol. The van der Waals surface area contributed by atoms with Gasteiger partial charge in [0.2, 0.25) is 5.88 Å². The van der Waals surface area contributed by atoms with E-state index >= 15 is 0 Å². The lowest BCUT2D eigenvalue weighted by Gasteiger charge is -2.10. The fourth-order valence-electron chi connectivity index (χ4n) is 1.60. The Morgan fingerprint density at radius 1 is 1.17 bits per heavy atom. The summed E-state index contributed by atoms with van der Waals surface area (Å²) in [4.78, 5) is 4.18. The van der Waals surface area contributed by atoms with Crippen LogP contribution in [0.2, 0.25) is 0 Å². The van der Waals surface area contributed by atoms with Crippen LogP contribution in [0.1, 0.15) is 5.56 Å². The molecule has 0 atom stereocenters. The third-order valence-corrected chi connectivity index (χ3v) is 2.50. The maximum Gasteiger partial charge on any atom is 0.219 e. The van der Waals surface area contributed by atoms with E-state index in [0.717, 1.165) is 17.9 Å². The number of benzene rings is 1. The molecule has 4 nitrogen and oxygen atoms in total. The van der Waals surface area contributed by atoms with Crippen LogP contribution in [0, 0.1) is 0 Å². The van der Waals surface area contributed by atoms with E-state index in [1.807, 2.05) is 37.4 Å². The molecular weight excluding hydrogens is 228 g/mol. The van der Waals surface area contributed by atoms with E-state index in [4.69, 9.17) is 9.47 Å². The van der Waals surface area contributed by atoms with Crippen LogP contribution >= 0.6 is 0 Å². The predicted octanol–water partition coefficient (Wildman–Crippen LogP) is 2.60. The van der Waals surface area contributed by atoms with Crippen molar-refractivity contribution in [1.29, 1.82) is 0 Å². The van der Waals surface area contributed by atoms with Gasteiger partial charge in [-0.1, -0.05) is 18.2 Å². The number of hydrogen-bond acceptors (Lipinski definition) is 4. The fourth-order valence-corrected chi connectivity index (χ4v) is 1.60. The highest BCUT2D eigenvalue weighted by atomic mass is 16.5. The van der Waals surface area contributed by atoms with E-state index < -0.39 is 0 Å². The summed E-state index contributed by atoms with van der Waals surface area (Å²) in [7, 11) is 3.52. The second-order valence-electron chi connectivity index (χ2n) is 3.78. The molecule has 4 heteroatoms. The number of rotatable bonds is 5. The molecule has 1 aromatic carbocycles. The lowest BCUT2D eigenvalue weighted by Crippen LogP contribution is -2.06. The van der Waals surface area contributed by atoms with E-state index in [0.29, 0.717) is 11.6 Å². The van der Waals surface area contributed by atoms with Gasteiger partial charge in [-0.05, 0) is 19.2 Å². The Bertz CT molecular complexity index is 497. The van der Waals surface area contributed by atoms with Gasteiger partial charge in [-0.15, -0.1) is 0 Å². The van der Waals surface area contributed by atoms with Crippen molar-refractivity contribution in [3.05, 3.63) is 48.2 Å². The average Bonchev–Trinajstić information content (AvgIpc) is 2.42. The number of hydrogen-bond donors (Lipinski definition) is 1. The Kier molecular flexibility index (Phi) is 4.15. The van der Waals surface area contributed by atoms with Crippen LogP contribution in [-0.4, -0.2) is 19.1 Å². The molecule has 1 heterocycles. The Morgan fingerprint density at radius 3 is 2.67 bits per heavy atom. The van der Waals surface area contributed by atoms with E-state index in [9.17, 15) is 0 Å². The molecule has 94 valence electrons. The number of methoxy groups -OCH3 is 1. The Hall–Kier alpha value is -2.07. The molecule has 1 aromatic heterocycles. The zero-order valence-electron chi connectivity index (χ0n) is 10.5. The molecule has 0 aliphatic rings. The lowest BCUT2D eigenvalue weighted by atomic mass is 10.2. The quantitative estimate of drug-likeness (QED) is 0.878. The maximum absolute atomic E-state index is 5.75. The smallest absolute Gasteiger partial charge is 0.219 e. The summed E-state index contributed by atoms with van der Waals surface area (Å²) in [5.41, 5.74) is 1.10. The van der Waals surface area contributed by atoms with Gasteiger partial charge >= 0.3 is 0 Å². The van der Waals surface area contributed by atoms with Crippen LogP contribution in [0.15, 0.2) is 42.6 Å². The molecule has 0 amide bonds. The van der Waals surface area contributed by atoms with Crippen LogP contribution in [-0.2, 0) is 6.54 Å². The molecule has 0 unspecified atom stereocenters. The minimum atomic E-state index is 0.555. The number of nitrogens with one attached hydrogen (secondary N) is 1. The van der Waals surface area contributed by atoms with Crippen molar-refractivity contribution < 1.29 is 9.47 Å². The van der Waals surface area contributed by atoms with Gasteiger partial charge in [0, 0.05) is 18.2 Å². The van der Waals surface area contributed by atoms with E-state index in [1.165, 1.54) is 0 Å². The molecule has 0 spiro atoms. The molecule has 18 heavy (non-hydrogen) atoms. The number of nitrogens with zero attached hydrogens (tertiary/aromatic N) is 1. The highest BCUT2D eigenvalue weighted by Crippen LogP contribution is 2.24. The van der Waals surface area contributed by atoms with Gasteiger partial charge in [0.15, 0.2) is 0 Å². The van der Waals surface area contributed by atoms with Crippen LogP contribution in [0.5, 0.6) is 17.4 Å². The fraction of sp³-hybridized carbons (Fsp3) is 0.214. The molecule has 0 saturated carbocycles. The minimum Gasteiger partial charge on any atom is -0.495 e. The van der Waals surface area contributed by atoms with Crippen LogP contribution in [0.3, 0.4) is 0 Å². The first-order chi connectivity index (χ1) is 8.83. The van der Waals surface area contributed by atoms with E-state index in [2.05, 4.69) is 10.3 Å². The monoisotopic (exact) mass is 244 g/mol. The van der Waals surface area contributed by atoms with Gasteiger partial charge in [-0.25, -0.2) is 4.98 Å². The standard InChI is InChI=1S/C14H16N2O2/c1-15-9-11-5-3-4-6-13(11)18-14-8-7-12(17-2)10-16-14/h3-8,10,15H,9H2,1-2H3. The number of pyridine rings is 1. The Labute approximate surface area is 107 Å². The normalized spacial score (nSPS) is 10.1. The van der Waals surface area contributed by atoms with Crippen LogP contribution in [0.25, 0.3) is 0 Å².